The van der Waals surface area contributed by atoms with E-state index >= 15 is 0 Å². The van der Waals surface area contributed by atoms with Crippen LogP contribution in [0.15, 0.2) is 30.6 Å². The molecule has 0 aliphatic rings. The molecule has 1 aromatic heterocycles. The molecule has 1 heterocycles. The first kappa shape index (κ1) is 17.7. The lowest BCUT2D eigenvalue weighted by atomic mass is 10.0. The summed E-state index contributed by atoms with van der Waals surface area (Å²) in [5.74, 6) is -1.76. The Morgan fingerprint density at radius 1 is 1.28 bits per heavy atom. The van der Waals surface area contributed by atoms with Gasteiger partial charge in [0.15, 0.2) is 5.75 Å². The van der Waals surface area contributed by atoms with Crippen molar-refractivity contribution in [3.8, 4) is 17.6 Å². The maximum Gasteiger partial charge on any atom is 0.417 e. The molecular formula is C15H8F3N3O4. The predicted octanol–water partition coefficient (Wildman–Crippen LogP) is 3.48. The quantitative estimate of drug-likeness (QED) is 0.378. The molecule has 0 unspecified atom stereocenters. The van der Waals surface area contributed by atoms with Crippen LogP contribution in [-0.4, -0.2) is 20.1 Å². The second-order valence-corrected chi connectivity index (χ2v) is 4.79. The number of halogens is 3. The van der Waals surface area contributed by atoms with Gasteiger partial charge in [0.2, 0.25) is 5.75 Å². The van der Waals surface area contributed by atoms with E-state index in [-0.39, 0.29) is 16.7 Å². The standard InChI is InChI=1S/C15H8F3N3O4/c16-15(17,18)11-4-10(6-20-7-11)9(5-19)1-8-2-12(21(24)25)14(23)13(22)3-8/h1-4,6-7,22-23H/b9-1+. The van der Waals surface area contributed by atoms with Crippen molar-refractivity contribution in [3.63, 3.8) is 0 Å². The van der Waals surface area contributed by atoms with E-state index in [1.54, 1.807) is 6.07 Å². The Hall–Kier alpha value is -3.61. The lowest BCUT2D eigenvalue weighted by Crippen LogP contribution is -2.06. The fourth-order valence-corrected chi connectivity index (χ4v) is 1.94. The van der Waals surface area contributed by atoms with E-state index in [1.165, 1.54) is 0 Å². The molecule has 128 valence electrons. The van der Waals surface area contributed by atoms with Gasteiger partial charge in [0.25, 0.3) is 0 Å². The predicted molar refractivity (Wildman–Crippen MR) is 79.1 cm³/mol. The average Bonchev–Trinajstić information content (AvgIpc) is 2.54. The Morgan fingerprint density at radius 2 is 1.96 bits per heavy atom. The van der Waals surface area contributed by atoms with Crippen molar-refractivity contribution in [3.05, 3.63) is 57.4 Å². The highest BCUT2D eigenvalue weighted by Gasteiger charge is 2.31. The van der Waals surface area contributed by atoms with Gasteiger partial charge in [-0.25, -0.2) is 0 Å². The lowest BCUT2D eigenvalue weighted by molar-refractivity contribution is -0.386. The van der Waals surface area contributed by atoms with Crippen molar-refractivity contribution in [2.24, 2.45) is 0 Å². The third-order valence-electron chi connectivity index (χ3n) is 3.10. The normalized spacial score (nSPS) is 11.8. The molecule has 0 saturated heterocycles. The summed E-state index contributed by atoms with van der Waals surface area (Å²) in [6, 6.07) is 4.17. The maximum absolute atomic E-state index is 12.7. The molecule has 25 heavy (non-hydrogen) atoms. The Labute approximate surface area is 138 Å². The van der Waals surface area contributed by atoms with Crippen LogP contribution in [0.5, 0.6) is 11.5 Å². The van der Waals surface area contributed by atoms with E-state index in [4.69, 9.17) is 5.26 Å². The number of benzene rings is 1. The monoisotopic (exact) mass is 351 g/mol. The molecule has 0 aliphatic carbocycles. The van der Waals surface area contributed by atoms with E-state index in [1.807, 2.05) is 0 Å². The molecule has 2 aromatic rings. The van der Waals surface area contributed by atoms with E-state index in [9.17, 15) is 33.5 Å². The molecule has 0 saturated carbocycles. The Balaban J connectivity index is 2.56. The van der Waals surface area contributed by atoms with Gasteiger partial charge in [0, 0.05) is 24.0 Å². The van der Waals surface area contributed by atoms with Gasteiger partial charge in [-0.2, -0.15) is 18.4 Å². The number of phenolic OH excluding ortho intramolecular Hbond substituents is 2. The van der Waals surface area contributed by atoms with Crippen LogP contribution in [0.25, 0.3) is 11.6 Å². The Kier molecular flexibility index (Phi) is 4.60. The van der Waals surface area contributed by atoms with Gasteiger partial charge in [-0.15, -0.1) is 0 Å². The minimum atomic E-state index is -4.65. The largest absolute Gasteiger partial charge is 0.504 e. The van der Waals surface area contributed by atoms with Crippen molar-refractivity contribution in [2.75, 3.05) is 0 Å². The highest BCUT2D eigenvalue weighted by Crippen LogP contribution is 2.37. The van der Waals surface area contributed by atoms with Crippen LogP contribution in [0.3, 0.4) is 0 Å². The van der Waals surface area contributed by atoms with Gasteiger partial charge in [-0.1, -0.05) is 0 Å². The number of nitro groups is 1. The number of pyridine rings is 1. The molecule has 0 amide bonds. The molecule has 0 spiro atoms. The summed E-state index contributed by atoms with van der Waals surface area (Å²) >= 11 is 0. The zero-order chi connectivity index (χ0) is 18.8. The summed E-state index contributed by atoms with van der Waals surface area (Å²) in [5.41, 5.74) is -2.36. The minimum absolute atomic E-state index is 0.0593. The van der Waals surface area contributed by atoms with Gasteiger partial charge >= 0.3 is 11.9 Å². The summed E-state index contributed by atoms with van der Waals surface area (Å²) < 4.78 is 38.2. The number of aromatic hydroxyl groups is 2. The third-order valence-corrected chi connectivity index (χ3v) is 3.10. The van der Waals surface area contributed by atoms with Gasteiger partial charge in [0.1, 0.15) is 0 Å². The molecule has 0 radical (unpaired) electrons. The first-order valence-electron chi connectivity index (χ1n) is 6.48. The number of nitrogens with zero attached hydrogens (tertiary/aromatic N) is 3. The van der Waals surface area contributed by atoms with Gasteiger partial charge in [-0.3, -0.25) is 15.1 Å². The molecule has 0 atom stereocenters. The highest BCUT2D eigenvalue weighted by atomic mass is 19.4. The first-order chi connectivity index (χ1) is 11.6. The summed E-state index contributed by atoms with van der Waals surface area (Å²) in [6.45, 7) is 0. The lowest BCUT2D eigenvalue weighted by Gasteiger charge is -2.07. The summed E-state index contributed by atoms with van der Waals surface area (Å²) in [7, 11) is 0. The number of alkyl halides is 3. The topological polar surface area (TPSA) is 120 Å². The Morgan fingerprint density at radius 3 is 2.52 bits per heavy atom. The number of hydrogen-bond donors (Lipinski definition) is 2. The smallest absolute Gasteiger partial charge is 0.417 e. The minimum Gasteiger partial charge on any atom is -0.504 e. The van der Waals surface area contributed by atoms with Crippen molar-refractivity contribution >= 4 is 17.3 Å². The van der Waals surface area contributed by atoms with Crippen molar-refractivity contribution in [1.29, 1.82) is 5.26 Å². The number of phenols is 2. The molecule has 10 heteroatoms. The fraction of sp³-hybridized carbons (Fsp3) is 0.0667. The SMILES string of the molecule is N#C/C(=C\c1cc(O)c(O)c([N+](=O)[O-])c1)c1cncc(C(F)(F)F)c1. The molecule has 2 N–H and O–H groups in total. The van der Waals surface area contributed by atoms with Crippen molar-refractivity contribution in [2.45, 2.75) is 6.18 Å². The summed E-state index contributed by atoms with van der Waals surface area (Å²) in [4.78, 5) is 13.3. The second kappa shape index (κ2) is 6.48. The second-order valence-electron chi connectivity index (χ2n) is 4.79. The molecule has 0 aliphatic heterocycles. The van der Waals surface area contributed by atoms with E-state index < -0.39 is 33.8 Å². The molecular weight excluding hydrogens is 343 g/mol. The van der Waals surface area contributed by atoms with Crippen LogP contribution in [0.1, 0.15) is 16.7 Å². The zero-order valence-electron chi connectivity index (χ0n) is 12.2. The third kappa shape index (κ3) is 3.84. The average molecular weight is 351 g/mol. The first-order valence-corrected chi connectivity index (χ1v) is 6.48. The van der Waals surface area contributed by atoms with Gasteiger partial charge in [-0.05, 0) is 23.8 Å². The molecule has 0 fully saturated rings. The van der Waals surface area contributed by atoms with Gasteiger partial charge < -0.3 is 10.2 Å². The number of nitro benzene ring substituents is 1. The van der Waals surface area contributed by atoms with Crippen LogP contribution in [0, 0.1) is 21.4 Å². The number of rotatable bonds is 3. The number of aromatic nitrogens is 1. The highest BCUT2D eigenvalue weighted by molar-refractivity contribution is 5.90. The fourth-order valence-electron chi connectivity index (χ4n) is 1.94. The van der Waals surface area contributed by atoms with Crippen LogP contribution in [0.2, 0.25) is 0 Å². The van der Waals surface area contributed by atoms with E-state index in [0.717, 1.165) is 24.4 Å². The molecule has 2 rings (SSSR count). The number of hydrogen-bond acceptors (Lipinski definition) is 6. The van der Waals surface area contributed by atoms with Crippen molar-refractivity contribution < 1.29 is 28.3 Å². The summed E-state index contributed by atoms with van der Waals surface area (Å²) in [5, 5.41) is 38.9. The number of nitriles is 1. The van der Waals surface area contributed by atoms with Gasteiger partial charge in [0.05, 0.1) is 22.1 Å². The molecule has 1 aromatic carbocycles. The number of allylic oxidation sites excluding steroid dienone is 1. The summed E-state index contributed by atoms with van der Waals surface area (Å²) in [6.07, 6.45) is -2.00. The van der Waals surface area contributed by atoms with Crippen molar-refractivity contribution in [1.82, 2.24) is 4.98 Å². The van der Waals surface area contributed by atoms with Crippen LogP contribution in [-0.2, 0) is 6.18 Å². The molecule has 7 nitrogen and oxygen atoms in total. The molecule has 0 bridgehead atoms. The maximum atomic E-state index is 12.7. The van der Waals surface area contributed by atoms with E-state index in [2.05, 4.69) is 4.98 Å². The van der Waals surface area contributed by atoms with E-state index in [0.29, 0.717) is 12.3 Å². The zero-order valence-corrected chi connectivity index (χ0v) is 12.2. The van der Waals surface area contributed by atoms with Crippen LogP contribution < -0.4 is 0 Å². The Bertz CT molecular complexity index is 917. The van der Waals surface area contributed by atoms with Crippen LogP contribution >= 0.6 is 0 Å². The van der Waals surface area contributed by atoms with Crippen LogP contribution in [0.4, 0.5) is 18.9 Å².